The molecule has 1 aliphatic rings. The van der Waals surface area contributed by atoms with Crippen LogP contribution in [0.3, 0.4) is 0 Å². The molecule has 1 fully saturated rings. The van der Waals surface area contributed by atoms with E-state index in [2.05, 4.69) is 20.9 Å². The highest BCUT2D eigenvalue weighted by atomic mass is 79.9. The molecule has 0 aromatic carbocycles. The third kappa shape index (κ3) is 2.44. The highest BCUT2D eigenvalue weighted by Crippen LogP contribution is 2.29. The summed E-state index contributed by atoms with van der Waals surface area (Å²) in [4.78, 5) is 4.17. The van der Waals surface area contributed by atoms with E-state index in [4.69, 9.17) is 4.74 Å². The molecule has 1 aliphatic carbocycles. The normalized spacial score (nSPS) is 15.8. The van der Waals surface area contributed by atoms with Gasteiger partial charge in [0.05, 0.1) is 6.61 Å². The average molecular weight is 242 g/mol. The van der Waals surface area contributed by atoms with Gasteiger partial charge in [-0.2, -0.15) is 0 Å². The van der Waals surface area contributed by atoms with Crippen molar-refractivity contribution in [3.05, 3.63) is 22.3 Å². The largest absolute Gasteiger partial charge is 0.477 e. The van der Waals surface area contributed by atoms with E-state index in [-0.39, 0.29) is 0 Å². The standard InChI is InChI=1S/C10H12BrNO/c1-7-4-10(12-5-9(7)11)13-6-8-2-3-8/h4-5,8H,2-3,6H2,1H3. The Morgan fingerprint density at radius 1 is 1.62 bits per heavy atom. The number of rotatable bonds is 3. The zero-order chi connectivity index (χ0) is 9.26. The molecule has 1 saturated carbocycles. The third-order valence-corrected chi connectivity index (χ3v) is 3.02. The number of ether oxygens (including phenoxy) is 1. The Kier molecular flexibility index (Phi) is 2.54. The molecule has 13 heavy (non-hydrogen) atoms. The summed E-state index contributed by atoms with van der Waals surface area (Å²) in [5.41, 5.74) is 1.17. The van der Waals surface area contributed by atoms with Crippen LogP contribution in [0.1, 0.15) is 18.4 Å². The maximum atomic E-state index is 5.53. The van der Waals surface area contributed by atoms with Gasteiger partial charge < -0.3 is 4.74 Å². The zero-order valence-corrected chi connectivity index (χ0v) is 9.17. The van der Waals surface area contributed by atoms with Crippen molar-refractivity contribution < 1.29 is 4.74 Å². The molecule has 0 spiro atoms. The summed E-state index contributed by atoms with van der Waals surface area (Å²) in [6.07, 6.45) is 4.42. The molecule has 70 valence electrons. The van der Waals surface area contributed by atoms with Crippen LogP contribution in [0.2, 0.25) is 0 Å². The second-order valence-corrected chi connectivity index (χ2v) is 4.38. The van der Waals surface area contributed by atoms with Crippen molar-refractivity contribution >= 4 is 15.9 Å². The summed E-state index contributed by atoms with van der Waals surface area (Å²) in [6, 6.07) is 1.96. The molecule has 0 atom stereocenters. The summed E-state index contributed by atoms with van der Waals surface area (Å²) < 4.78 is 6.57. The Hall–Kier alpha value is -0.570. The van der Waals surface area contributed by atoms with Crippen LogP contribution in [0.25, 0.3) is 0 Å². The molecule has 2 nitrogen and oxygen atoms in total. The molecular formula is C10H12BrNO. The van der Waals surface area contributed by atoms with Crippen LogP contribution >= 0.6 is 15.9 Å². The second kappa shape index (κ2) is 3.66. The van der Waals surface area contributed by atoms with Crippen LogP contribution in [0.4, 0.5) is 0 Å². The number of hydrogen-bond acceptors (Lipinski definition) is 2. The molecule has 3 heteroatoms. The topological polar surface area (TPSA) is 22.1 Å². The molecule has 0 saturated heterocycles. The van der Waals surface area contributed by atoms with Gasteiger partial charge in [-0.3, -0.25) is 0 Å². The molecule has 2 rings (SSSR count). The van der Waals surface area contributed by atoms with Crippen molar-refractivity contribution in [2.75, 3.05) is 6.61 Å². The predicted molar refractivity (Wildman–Crippen MR) is 54.9 cm³/mol. The third-order valence-electron chi connectivity index (χ3n) is 2.19. The number of nitrogens with zero attached hydrogens (tertiary/aromatic N) is 1. The average Bonchev–Trinajstić information content (AvgIpc) is 2.91. The van der Waals surface area contributed by atoms with Crippen molar-refractivity contribution in [2.24, 2.45) is 5.92 Å². The Bertz CT molecular complexity index is 310. The predicted octanol–water partition coefficient (Wildman–Crippen LogP) is 2.94. The van der Waals surface area contributed by atoms with E-state index >= 15 is 0 Å². The molecule has 1 heterocycles. The molecule has 1 aromatic heterocycles. The van der Waals surface area contributed by atoms with Crippen molar-refractivity contribution in [1.82, 2.24) is 4.98 Å². The van der Waals surface area contributed by atoms with Gasteiger partial charge in [0.1, 0.15) is 0 Å². The second-order valence-electron chi connectivity index (χ2n) is 3.53. The lowest BCUT2D eigenvalue weighted by molar-refractivity contribution is 0.288. The molecule has 0 aliphatic heterocycles. The zero-order valence-electron chi connectivity index (χ0n) is 7.59. The van der Waals surface area contributed by atoms with Gasteiger partial charge in [0.2, 0.25) is 5.88 Å². The molecule has 0 bridgehead atoms. The lowest BCUT2D eigenvalue weighted by atomic mass is 10.3. The number of pyridine rings is 1. The number of aryl methyl sites for hydroxylation is 1. The van der Waals surface area contributed by atoms with Crippen molar-refractivity contribution in [2.45, 2.75) is 19.8 Å². The summed E-state index contributed by atoms with van der Waals surface area (Å²) in [7, 11) is 0. The van der Waals surface area contributed by atoms with Gasteiger partial charge in [-0.25, -0.2) is 4.98 Å². The SMILES string of the molecule is Cc1cc(OCC2CC2)ncc1Br. The van der Waals surface area contributed by atoms with E-state index in [1.165, 1.54) is 18.4 Å². The van der Waals surface area contributed by atoms with Gasteiger partial charge in [-0.05, 0) is 47.2 Å². The molecular weight excluding hydrogens is 230 g/mol. The first-order chi connectivity index (χ1) is 6.25. The summed E-state index contributed by atoms with van der Waals surface area (Å²) >= 11 is 3.40. The lowest BCUT2D eigenvalue weighted by Crippen LogP contribution is -2.00. The highest BCUT2D eigenvalue weighted by Gasteiger charge is 2.22. The van der Waals surface area contributed by atoms with E-state index in [0.717, 1.165) is 22.9 Å². The van der Waals surface area contributed by atoms with Crippen LogP contribution in [0.5, 0.6) is 5.88 Å². The molecule has 0 radical (unpaired) electrons. The molecule has 1 aromatic rings. The lowest BCUT2D eigenvalue weighted by Gasteiger charge is -2.05. The summed E-state index contributed by atoms with van der Waals surface area (Å²) in [5, 5.41) is 0. The van der Waals surface area contributed by atoms with Gasteiger partial charge >= 0.3 is 0 Å². The Labute approximate surface area is 86.5 Å². The van der Waals surface area contributed by atoms with Gasteiger partial charge in [-0.1, -0.05) is 0 Å². The molecule has 0 unspecified atom stereocenters. The van der Waals surface area contributed by atoms with Crippen molar-refractivity contribution in [1.29, 1.82) is 0 Å². The fourth-order valence-corrected chi connectivity index (χ4v) is 1.30. The number of halogens is 1. The van der Waals surface area contributed by atoms with Crippen molar-refractivity contribution in [3.8, 4) is 5.88 Å². The fraction of sp³-hybridized carbons (Fsp3) is 0.500. The van der Waals surface area contributed by atoms with Crippen LogP contribution in [0, 0.1) is 12.8 Å². The summed E-state index contributed by atoms with van der Waals surface area (Å²) in [6.45, 7) is 2.86. The highest BCUT2D eigenvalue weighted by molar-refractivity contribution is 9.10. The first-order valence-electron chi connectivity index (χ1n) is 4.50. The monoisotopic (exact) mass is 241 g/mol. The van der Waals surface area contributed by atoms with E-state index in [0.29, 0.717) is 0 Å². The van der Waals surface area contributed by atoms with Crippen LogP contribution in [-0.4, -0.2) is 11.6 Å². The minimum absolute atomic E-state index is 0.743. The van der Waals surface area contributed by atoms with E-state index in [9.17, 15) is 0 Å². The van der Waals surface area contributed by atoms with E-state index in [1.807, 2.05) is 13.0 Å². The Morgan fingerprint density at radius 2 is 2.38 bits per heavy atom. The van der Waals surface area contributed by atoms with E-state index < -0.39 is 0 Å². The maximum absolute atomic E-state index is 5.53. The molecule has 0 amide bonds. The van der Waals surface area contributed by atoms with Crippen LogP contribution in [-0.2, 0) is 0 Å². The fourth-order valence-electron chi connectivity index (χ4n) is 1.08. The Morgan fingerprint density at radius 3 is 3.00 bits per heavy atom. The Balaban J connectivity index is 1.98. The smallest absolute Gasteiger partial charge is 0.213 e. The van der Waals surface area contributed by atoms with Gasteiger partial charge in [0.25, 0.3) is 0 Å². The number of hydrogen-bond donors (Lipinski definition) is 0. The first-order valence-corrected chi connectivity index (χ1v) is 5.30. The maximum Gasteiger partial charge on any atom is 0.213 e. The van der Waals surface area contributed by atoms with Gasteiger partial charge in [-0.15, -0.1) is 0 Å². The minimum atomic E-state index is 0.743. The van der Waals surface area contributed by atoms with Gasteiger partial charge in [0, 0.05) is 16.7 Å². The van der Waals surface area contributed by atoms with Crippen LogP contribution < -0.4 is 4.74 Å². The van der Waals surface area contributed by atoms with Gasteiger partial charge in [0.15, 0.2) is 0 Å². The summed E-state index contributed by atoms with van der Waals surface area (Å²) in [5.74, 6) is 1.53. The molecule has 0 N–H and O–H groups in total. The quantitative estimate of drug-likeness (QED) is 0.812. The van der Waals surface area contributed by atoms with Crippen LogP contribution in [0.15, 0.2) is 16.7 Å². The number of aromatic nitrogens is 1. The van der Waals surface area contributed by atoms with Crippen molar-refractivity contribution in [3.63, 3.8) is 0 Å². The minimum Gasteiger partial charge on any atom is -0.477 e. The van der Waals surface area contributed by atoms with E-state index in [1.54, 1.807) is 6.20 Å². The first kappa shape index (κ1) is 9.00.